The highest BCUT2D eigenvalue weighted by Gasteiger charge is 2.07. The van der Waals surface area contributed by atoms with E-state index in [1.165, 1.54) is 0 Å². The van der Waals surface area contributed by atoms with Crippen molar-refractivity contribution in [3.05, 3.63) is 63.6 Å². The molecule has 90 valence electrons. The van der Waals surface area contributed by atoms with Gasteiger partial charge < -0.3 is 4.74 Å². The molecule has 0 heterocycles. The van der Waals surface area contributed by atoms with E-state index >= 15 is 0 Å². The van der Waals surface area contributed by atoms with Crippen molar-refractivity contribution in [1.82, 2.24) is 0 Å². The van der Waals surface area contributed by atoms with Crippen LogP contribution in [-0.4, -0.2) is 0 Å². The Hall–Kier alpha value is -1.79. The highest BCUT2D eigenvalue weighted by molar-refractivity contribution is 9.10. The molecular formula is C15H12BrNO. The lowest BCUT2D eigenvalue weighted by Crippen LogP contribution is -1.98. The molecule has 0 radical (unpaired) electrons. The fourth-order valence-electron chi connectivity index (χ4n) is 1.71. The minimum atomic E-state index is 0.520. The highest BCUT2D eigenvalue weighted by Crippen LogP contribution is 2.30. The van der Waals surface area contributed by atoms with Gasteiger partial charge in [-0.1, -0.05) is 30.3 Å². The highest BCUT2D eigenvalue weighted by atomic mass is 79.9. The Morgan fingerprint density at radius 3 is 2.56 bits per heavy atom. The van der Waals surface area contributed by atoms with E-state index in [4.69, 9.17) is 10.00 Å². The number of ether oxygens (including phenoxy) is 1. The lowest BCUT2D eigenvalue weighted by atomic mass is 10.1. The molecule has 0 aliphatic rings. The Balaban J connectivity index is 2.18. The minimum absolute atomic E-state index is 0.520. The van der Waals surface area contributed by atoms with E-state index in [1.807, 2.05) is 43.3 Å². The molecule has 3 heteroatoms. The summed E-state index contributed by atoms with van der Waals surface area (Å²) in [6.45, 7) is 2.46. The van der Waals surface area contributed by atoms with E-state index in [0.717, 1.165) is 21.3 Å². The number of rotatable bonds is 3. The van der Waals surface area contributed by atoms with Crippen LogP contribution in [0.25, 0.3) is 0 Å². The van der Waals surface area contributed by atoms with Gasteiger partial charge in [0.1, 0.15) is 12.4 Å². The number of nitrogens with zero attached hydrogens (tertiary/aromatic N) is 1. The van der Waals surface area contributed by atoms with Crippen LogP contribution >= 0.6 is 15.9 Å². The van der Waals surface area contributed by atoms with Crippen LogP contribution in [0.1, 0.15) is 16.7 Å². The molecule has 0 spiro atoms. The number of aryl methyl sites for hydroxylation is 1. The van der Waals surface area contributed by atoms with Gasteiger partial charge in [0.25, 0.3) is 0 Å². The van der Waals surface area contributed by atoms with Crippen LogP contribution < -0.4 is 4.74 Å². The molecule has 18 heavy (non-hydrogen) atoms. The van der Waals surface area contributed by atoms with E-state index < -0.39 is 0 Å². The second-order valence-electron chi connectivity index (χ2n) is 3.99. The van der Waals surface area contributed by atoms with E-state index in [0.29, 0.717) is 12.2 Å². The van der Waals surface area contributed by atoms with Gasteiger partial charge in [0.2, 0.25) is 0 Å². The molecule has 0 unspecified atom stereocenters. The van der Waals surface area contributed by atoms with Crippen LogP contribution in [0.5, 0.6) is 5.75 Å². The first-order valence-electron chi connectivity index (χ1n) is 5.57. The Morgan fingerprint density at radius 1 is 1.22 bits per heavy atom. The standard InChI is InChI=1S/C15H12BrNO/c1-11-7-13(9-17)8-14(16)15(11)18-10-12-5-3-2-4-6-12/h2-8H,10H2,1H3. The first-order valence-corrected chi connectivity index (χ1v) is 6.37. The number of nitriles is 1. The topological polar surface area (TPSA) is 33.0 Å². The normalized spacial score (nSPS) is 9.83. The summed E-state index contributed by atoms with van der Waals surface area (Å²) >= 11 is 3.44. The van der Waals surface area contributed by atoms with Crippen molar-refractivity contribution in [2.75, 3.05) is 0 Å². The average molecular weight is 302 g/mol. The van der Waals surface area contributed by atoms with Gasteiger partial charge in [0, 0.05) is 0 Å². The molecule has 0 saturated heterocycles. The molecule has 0 aromatic heterocycles. The summed E-state index contributed by atoms with van der Waals surface area (Å²) in [4.78, 5) is 0. The van der Waals surface area contributed by atoms with Gasteiger partial charge >= 0.3 is 0 Å². The third kappa shape index (κ3) is 2.91. The summed E-state index contributed by atoms with van der Waals surface area (Å²) in [5, 5.41) is 8.87. The molecule has 0 N–H and O–H groups in total. The molecule has 2 rings (SSSR count). The first-order chi connectivity index (χ1) is 8.70. The molecule has 0 amide bonds. The van der Waals surface area contributed by atoms with Crippen molar-refractivity contribution in [1.29, 1.82) is 5.26 Å². The number of benzene rings is 2. The van der Waals surface area contributed by atoms with Crippen LogP contribution in [0.2, 0.25) is 0 Å². The number of hydrogen-bond acceptors (Lipinski definition) is 2. The smallest absolute Gasteiger partial charge is 0.136 e. The Kier molecular flexibility index (Phi) is 4.01. The lowest BCUT2D eigenvalue weighted by Gasteiger charge is -2.11. The van der Waals surface area contributed by atoms with E-state index in [9.17, 15) is 0 Å². The van der Waals surface area contributed by atoms with Crippen molar-refractivity contribution in [3.63, 3.8) is 0 Å². The third-order valence-electron chi connectivity index (χ3n) is 2.58. The summed E-state index contributed by atoms with van der Waals surface area (Å²) in [7, 11) is 0. The minimum Gasteiger partial charge on any atom is -0.487 e. The van der Waals surface area contributed by atoms with E-state index in [-0.39, 0.29) is 0 Å². The van der Waals surface area contributed by atoms with Crippen molar-refractivity contribution < 1.29 is 4.74 Å². The molecule has 0 fully saturated rings. The molecule has 0 bridgehead atoms. The average Bonchev–Trinajstić information content (AvgIpc) is 2.38. The van der Waals surface area contributed by atoms with Crippen molar-refractivity contribution >= 4 is 15.9 Å². The maximum Gasteiger partial charge on any atom is 0.136 e. The predicted octanol–water partition coefficient (Wildman–Crippen LogP) is 4.21. The molecule has 0 saturated carbocycles. The van der Waals surface area contributed by atoms with Gasteiger partial charge in [-0.15, -0.1) is 0 Å². The maximum atomic E-state index is 8.87. The van der Waals surface area contributed by atoms with Crippen LogP contribution in [-0.2, 0) is 6.61 Å². The summed E-state index contributed by atoms with van der Waals surface area (Å²) in [5.74, 6) is 0.790. The lowest BCUT2D eigenvalue weighted by molar-refractivity contribution is 0.302. The Morgan fingerprint density at radius 2 is 1.94 bits per heavy atom. The van der Waals surface area contributed by atoms with E-state index in [1.54, 1.807) is 6.07 Å². The van der Waals surface area contributed by atoms with Crippen LogP contribution in [0.4, 0.5) is 0 Å². The van der Waals surface area contributed by atoms with Gasteiger partial charge in [0.15, 0.2) is 0 Å². The summed E-state index contributed by atoms with van der Waals surface area (Å²) in [5.41, 5.74) is 2.71. The third-order valence-corrected chi connectivity index (χ3v) is 3.17. The summed E-state index contributed by atoms with van der Waals surface area (Å²) < 4.78 is 6.61. The van der Waals surface area contributed by atoms with Gasteiger partial charge in [-0.2, -0.15) is 5.26 Å². The molecule has 2 aromatic rings. The molecule has 0 aliphatic heterocycles. The summed E-state index contributed by atoms with van der Waals surface area (Å²) in [6, 6.07) is 15.7. The SMILES string of the molecule is Cc1cc(C#N)cc(Br)c1OCc1ccccc1. The zero-order chi connectivity index (χ0) is 13.0. The van der Waals surface area contributed by atoms with Gasteiger partial charge in [-0.3, -0.25) is 0 Å². The van der Waals surface area contributed by atoms with Crippen molar-refractivity contribution in [2.24, 2.45) is 0 Å². The van der Waals surface area contributed by atoms with Crippen LogP contribution in [0.3, 0.4) is 0 Å². The monoisotopic (exact) mass is 301 g/mol. The van der Waals surface area contributed by atoms with E-state index in [2.05, 4.69) is 22.0 Å². The van der Waals surface area contributed by atoms with Crippen LogP contribution in [0.15, 0.2) is 46.9 Å². The first kappa shape index (κ1) is 12.7. The fraction of sp³-hybridized carbons (Fsp3) is 0.133. The molecular weight excluding hydrogens is 290 g/mol. The van der Waals surface area contributed by atoms with Crippen molar-refractivity contribution in [3.8, 4) is 11.8 Å². The largest absolute Gasteiger partial charge is 0.487 e. The van der Waals surface area contributed by atoms with Crippen LogP contribution in [0, 0.1) is 18.3 Å². The molecule has 0 atom stereocenters. The number of hydrogen-bond donors (Lipinski definition) is 0. The van der Waals surface area contributed by atoms with Gasteiger partial charge in [0.05, 0.1) is 16.1 Å². The predicted molar refractivity (Wildman–Crippen MR) is 74.4 cm³/mol. The fourth-order valence-corrected chi connectivity index (χ4v) is 2.38. The van der Waals surface area contributed by atoms with Crippen molar-refractivity contribution in [2.45, 2.75) is 13.5 Å². The zero-order valence-corrected chi connectivity index (χ0v) is 11.6. The Labute approximate surface area is 115 Å². The quantitative estimate of drug-likeness (QED) is 0.851. The second-order valence-corrected chi connectivity index (χ2v) is 4.84. The maximum absolute atomic E-state index is 8.87. The second kappa shape index (κ2) is 5.70. The zero-order valence-electron chi connectivity index (χ0n) is 9.98. The van der Waals surface area contributed by atoms with Gasteiger partial charge in [-0.05, 0) is 46.1 Å². The Bertz CT molecular complexity index is 564. The molecule has 2 nitrogen and oxygen atoms in total. The summed E-state index contributed by atoms with van der Waals surface area (Å²) in [6.07, 6.45) is 0. The van der Waals surface area contributed by atoms with Gasteiger partial charge in [-0.25, -0.2) is 0 Å². The molecule has 2 aromatic carbocycles. The molecule has 0 aliphatic carbocycles. The number of halogens is 1.